The van der Waals surface area contributed by atoms with Gasteiger partial charge in [0.15, 0.2) is 11.7 Å². The highest BCUT2D eigenvalue weighted by Gasteiger charge is 2.13. The van der Waals surface area contributed by atoms with Crippen LogP contribution in [-0.2, 0) is 16.0 Å². The molecule has 3 rings (SSSR count). The van der Waals surface area contributed by atoms with Crippen LogP contribution in [0.2, 0.25) is 0 Å². The van der Waals surface area contributed by atoms with Crippen LogP contribution in [-0.4, -0.2) is 28.6 Å². The SMILES string of the molecule is Cc1sc(NC(=O)Cc2ccccc2)nc1-c1ccc(OCC(=O)O)cc1. The first-order chi connectivity index (χ1) is 13.0. The first kappa shape index (κ1) is 18.6. The van der Waals surface area contributed by atoms with Crippen LogP contribution >= 0.6 is 11.3 Å². The predicted molar refractivity (Wildman–Crippen MR) is 104 cm³/mol. The van der Waals surface area contributed by atoms with Crippen molar-refractivity contribution < 1.29 is 19.4 Å². The molecule has 3 aromatic rings. The van der Waals surface area contributed by atoms with Crippen molar-refractivity contribution in [2.45, 2.75) is 13.3 Å². The van der Waals surface area contributed by atoms with E-state index in [9.17, 15) is 9.59 Å². The van der Waals surface area contributed by atoms with Gasteiger partial charge in [-0.1, -0.05) is 30.3 Å². The number of carboxylic acids is 1. The van der Waals surface area contributed by atoms with Gasteiger partial charge < -0.3 is 15.2 Å². The fraction of sp³-hybridized carbons (Fsp3) is 0.150. The highest BCUT2D eigenvalue weighted by molar-refractivity contribution is 7.16. The summed E-state index contributed by atoms with van der Waals surface area (Å²) in [6.07, 6.45) is 0.296. The zero-order chi connectivity index (χ0) is 19.2. The second-order valence-electron chi connectivity index (χ2n) is 5.84. The second-order valence-corrected chi connectivity index (χ2v) is 7.04. The number of amides is 1. The lowest BCUT2D eigenvalue weighted by molar-refractivity contribution is -0.139. The third-order valence-electron chi connectivity index (χ3n) is 3.74. The lowest BCUT2D eigenvalue weighted by atomic mass is 10.1. The maximum atomic E-state index is 12.2. The monoisotopic (exact) mass is 382 g/mol. The number of anilines is 1. The van der Waals surface area contributed by atoms with Crippen LogP contribution in [0.25, 0.3) is 11.3 Å². The molecule has 0 atom stereocenters. The Labute approximate surface area is 160 Å². The van der Waals surface area contributed by atoms with Gasteiger partial charge in [-0.05, 0) is 36.8 Å². The molecule has 1 heterocycles. The number of hydrogen-bond donors (Lipinski definition) is 2. The van der Waals surface area contributed by atoms with Gasteiger partial charge in [0, 0.05) is 10.4 Å². The Hall–Kier alpha value is -3.19. The smallest absolute Gasteiger partial charge is 0.341 e. The highest BCUT2D eigenvalue weighted by Crippen LogP contribution is 2.31. The summed E-state index contributed by atoms with van der Waals surface area (Å²) >= 11 is 1.41. The number of thiazole rings is 1. The Morgan fingerprint density at radius 2 is 1.81 bits per heavy atom. The van der Waals surface area contributed by atoms with Crippen molar-refractivity contribution in [3.05, 3.63) is 65.0 Å². The summed E-state index contributed by atoms with van der Waals surface area (Å²) in [7, 11) is 0. The van der Waals surface area contributed by atoms with Gasteiger partial charge in [-0.3, -0.25) is 4.79 Å². The number of aliphatic carboxylic acids is 1. The molecule has 0 saturated carbocycles. The van der Waals surface area contributed by atoms with Crippen molar-refractivity contribution in [2.24, 2.45) is 0 Å². The summed E-state index contributed by atoms with van der Waals surface area (Å²) in [4.78, 5) is 28.2. The molecule has 7 heteroatoms. The van der Waals surface area contributed by atoms with Crippen LogP contribution in [0.15, 0.2) is 54.6 Å². The average Bonchev–Trinajstić information content (AvgIpc) is 3.01. The first-order valence-electron chi connectivity index (χ1n) is 8.27. The van der Waals surface area contributed by atoms with E-state index in [0.717, 1.165) is 21.7 Å². The standard InChI is InChI=1S/C20H18N2O4S/c1-13-19(15-7-9-16(10-8-15)26-12-18(24)25)22-20(27-13)21-17(23)11-14-5-3-2-4-6-14/h2-10H,11-12H2,1H3,(H,24,25)(H,21,22,23). The number of aromatic nitrogens is 1. The van der Waals surface area contributed by atoms with Gasteiger partial charge in [0.05, 0.1) is 12.1 Å². The van der Waals surface area contributed by atoms with Crippen LogP contribution in [0.4, 0.5) is 5.13 Å². The molecule has 6 nitrogen and oxygen atoms in total. The third-order valence-corrected chi connectivity index (χ3v) is 4.63. The molecule has 0 unspecified atom stereocenters. The topological polar surface area (TPSA) is 88.5 Å². The number of nitrogens with one attached hydrogen (secondary N) is 1. The van der Waals surface area contributed by atoms with E-state index in [1.807, 2.05) is 49.4 Å². The summed E-state index contributed by atoms with van der Waals surface area (Å²) in [6.45, 7) is 1.56. The van der Waals surface area contributed by atoms with E-state index in [4.69, 9.17) is 9.84 Å². The molecule has 2 N–H and O–H groups in total. The minimum atomic E-state index is -1.02. The molecule has 0 spiro atoms. The van der Waals surface area contributed by atoms with E-state index in [0.29, 0.717) is 17.3 Å². The van der Waals surface area contributed by atoms with Crippen molar-refractivity contribution >= 4 is 28.3 Å². The minimum absolute atomic E-state index is 0.112. The molecule has 0 radical (unpaired) electrons. The van der Waals surface area contributed by atoms with E-state index >= 15 is 0 Å². The summed E-state index contributed by atoms with van der Waals surface area (Å²) in [5.41, 5.74) is 2.59. The van der Waals surface area contributed by atoms with Crippen LogP contribution in [0.3, 0.4) is 0 Å². The van der Waals surface area contributed by atoms with Gasteiger partial charge in [0.2, 0.25) is 5.91 Å². The molecule has 0 aliphatic heterocycles. The number of benzene rings is 2. The average molecular weight is 382 g/mol. The Morgan fingerprint density at radius 3 is 2.48 bits per heavy atom. The van der Waals surface area contributed by atoms with Gasteiger partial charge in [-0.15, -0.1) is 11.3 Å². The summed E-state index contributed by atoms with van der Waals surface area (Å²) in [5.74, 6) is -0.658. The third kappa shape index (κ3) is 5.15. The van der Waals surface area contributed by atoms with Gasteiger partial charge in [0.25, 0.3) is 0 Å². The maximum Gasteiger partial charge on any atom is 0.341 e. The summed E-state index contributed by atoms with van der Waals surface area (Å²) in [5, 5.41) is 12.0. The Kier molecular flexibility index (Phi) is 5.83. The number of rotatable bonds is 7. The zero-order valence-electron chi connectivity index (χ0n) is 14.6. The fourth-order valence-corrected chi connectivity index (χ4v) is 3.37. The minimum Gasteiger partial charge on any atom is -0.482 e. The number of nitrogens with zero attached hydrogens (tertiary/aromatic N) is 1. The first-order valence-corrected chi connectivity index (χ1v) is 9.09. The van der Waals surface area contributed by atoms with E-state index in [-0.39, 0.29) is 12.5 Å². The number of hydrogen-bond acceptors (Lipinski definition) is 5. The van der Waals surface area contributed by atoms with Gasteiger partial charge in [-0.25, -0.2) is 9.78 Å². The van der Waals surface area contributed by atoms with Gasteiger partial charge in [0.1, 0.15) is 5.75 Å². The summed E-state index contributed by atoms with van der Waals surface area (Å²) in [6, 6.07) is 16.6. The van der Waals surface area contributed by atoms with Crippen molar-refractivity contribution in [1.82, 2.24) is 4.98 Å². The lowest BCUT2D eigenvalue weighted by Gasteiger charge is -2.04. The van der Waals surface area contributed by atoms with Gasteiger partial charge in [-0.2, -0.15) is 0 Å². The predicted octanol–water partition coefficient (Wildman–Crippen LogP) is 3.76. The quantitative estimate of drug-likeness (QED) is 0.649. The van der Waals surface area contributed by atoms with E-state index in [1.54, 1.807) is 12.1 Å². The van der Waals surface area contributed by atoms with E-state index < -0.39 is 5.97 Å². The van der Waals surface area contributed by atoms with Crippen LogP contribution < -0.4 is 10.1 Å². The number of carbonyl (C=O) groups excluding carboxylic acids is 1. The van der Waals surface area contributed by atoms with Crippen molar-refractivity contribution in [2.75, 3.05) is 11.9 Å². The Balaban J connectivity index is 1.67. The Bertz CT molecular complexity index is 936. The number of ether oxygens (including phenoxy) is 1. The normalized spacial score (nSPS) is 10.4. The maximum absolute atomic E-state index is 12.2. The molecule has 138 valence electrons. The molecule has 0 aliphatic carbocycles. The van der Waals surface area contributed by atoms with E-state index in [2.05, 4.69) is 10.3 Å². The summed E-state index contributed by atoms with van der Waals surface area (Å²) < 4.78 is 5.13. The molecule has 27 heavy (non-hydrogen) atoms. The van der Waals surface area contributed by atoms with Crippen molar-refractivity contribution in [3.8, 4) is 17.0 Å². The Morgan fingerprint density at radius 1 is 1.11 bits per heavy atom. The number of aryl methyl sites for hydroxylation is 1. The largest absolute Gasteiger partial charge is 0.482 e. The van der Waals surface area contributed by atoms with Crippen molar-refractivity contribution in [3.63, 3.8) is 0 Å². The lowest BCUT2D eigenvalue weighted by Crippen LogP contribution is -2.14. The zero-order valence-corrected chi connectivity index (χ0v) is 15.5. The second kappa shape index (κ2) is 8.46. The fourth-order valence-electron chi connectivity index (χ4n) is 2.52. The highest BCUT2D eigenvalue weighted by atomic mass is 32.1. The molecule has 0 fully saturated rings. The molecular weight excluding hydrogens is 364 g/mol. The molecule has 2 aromatic carbocycles. The van der Waals surface area contributed by atoms with E-state index in [1.165, 1.54) is 11.3 Å². The molecule has 1 aromatic heterocycles. The van der Waals surface area contributed by atoms with Crippen molar-refractivity contribution in [1.29, 1.82) is 0 Å². The molecular formula is C20H18N2O4S. The number of carbonyl (C=O) groups is 2. The van der Waals surface area contributed by atoms with Gasteiger partial charge >= 0.3 is 5.97 Å². The molecule has 0 saturated heterocycles. The molecule has 1 amide bonds. The van der Waals surface area contributed by atoms with Crippen LogP contribution in [0.5, 0.6) is 5.75 Å². The van der Waals surface area contributed by atoms with Crippen LogP contribution in [0, 0.1) is 6.92 Å². The number of carboxylic acid groups (broad SMARTS) is 1. The molecule has 0 bridgehead atoms. The van der Waals surface area contributed by atoms with Crippen LogP contribution in [0.1, 0.15) is 10.4 Å². The molecule has 0 aliphatic rings.